The molecule has 1 N–H and O–H groups in total. The summed E-state index contributed by atoms with van der Waals surface area (Å²) in [6.07, 6.45) is 4.05. The second kappa shape index (κ2) is 5.48. The molecule has 2 heterocycles. The number of rotatable bonds is 6. The average Bonchev–Trinajstić information content (AvgIpc) is 3.16. The Bertz CT molecular complexity index is 555. The molecule has 1 aliphatic rings. The summed E-state index contributed by atoms with van der Waals surface area (Å²) < 4.78 is 5.61. The number of anilines is 1. The van der Waals surface area contributed by atoms with Crippen LogP contribution in [0.4, 0.5) is 5.82 Å². The van der Waals surface area contributed by atoms with E-state index in [-0.39, 0.29) is 0 Å². The van der Waals surface area contributed by atoms with E-state index in [2.05, 4.69) is 25.5 Å². The fraction of sp³-hybridized carbons (Fsp3) is 0.500. The first-order valence-electron chi connectivity index (χ1n) is 6.27. The van der Waals surface area contributed by atoms with Gasteiger partial charge in [0.25, 0.3) is 0 Å². The Labute approximate surface area is 115 Å². The lowest BCUT2D eigenvalue weighted by Gasteiger charge is -2.06. The monoisotopic (exact) mass is 277 g/mol. The first-order valence-corrected chi connectivity index (χ1v) is 7.09. The molecule has 0 atom stereocenters. The van der Waals surface area contributed by atoms with Gasteiger partial charge in [-0.1, -0.05) is 11.3 Å². The average molecular weight is 277 g/mol. The summed E-state index contributed by atoms with van der Waals surface area (Å²) in [5.74, 6) is 2.09. The normalized spacial score (nSPS) is 14.4. The van der Waals surface area contributed by atoms with Gasteiger partial charge in [0.2, 0.25) is 5.88 Å². The highest BCUT2D eigenvalue weighted by Crippen LogP contribution is 2.29. The topological polar surface area (TPSA) is 72.8 Å². The van der Waals surface area contributed by atoms with Crippen molar-refractivity contribution in [2.75, 3.05) is 11.9 Å². The van der Waals surface area contributed by atoms with E-state index in [1.54, 1.807) is 11.3 Å². The molecule has 0 amide bonds. The molecule has 7 heteroatoms. The molecule has 0 unspecified atom stereocenters. The van der Waals surface area contributed by atoms with Crippen molar-refractivity contribution >= 4 is 17.2 Å². The van der Waals surface area contributed by atoms with Gasteiger partial charge in [-0.05, 0) is 25.7 Å². The van der Waals surface area contributed by atoms with Gasteiger partial charge in [-0.25, -0.2) is 9.97 Å². The maximum absolute atomic E-state index is 5.61. The summed E-state index contributed by atoms with van der Waals surface area (Å²) in [6, 6.07) is 1.82. The van der Waals surface area contributed by atoms with Gasteiger partial charge in [-0.15, -0.1) is 10.2 Å². The van der Waals surface area contributed by atoms with E-state index in [0.29, 0.717) is 12.4 Å². The van der Waals surface area contributed by atoms with E-state index >= 15 is 0 Å². The van der Waals surface area contributed by atoms with Crippen molar-refractivity contribution in [1.82, 2.24) is 20.2 Å². The summed E-state index contributed by atoms with van der Waals surface area (Å²) >= 11 is 1.57. The minimum Gasteiger partial charge on any atom is -0.477 e. The Morgan fingerprint density at radius 3 is 3.00 bits per heavy atom. The molecular formula is C12H15N5OS. The Kier molecular flexibility index (Phi) is 3.54. The van der Waals surface area contributed by atoms with Crippen LogP contribution in [0.1, 0.15) is 22.9 Å². The number of hydrogen-bond donors (Lipinski definition) is 1. The van der Waals surface area contributed by atoms with Crippen molar-refractivity contribution < 1.29 is 4.74 Å². The Hall–Kier alpha value is -1.76. The Balaban J connectivity index is 1.55. The molecule has 100 valence electrons. The van der Waals surface area contributed by atoms with Crippen molar-refractivity contribution in [3.8, 4) is 5.88 Å². The smallest absolute Gasteiger partial charge is 0.218 e. The number of aryl methyl sites for hydroxylation is 1. The molecule has 3 rings (SSSR count). The van der Waals surface area contributed by atoms with Gasteiger partial charge >= 0.3 is 0 Å². The van der Waals surface area contributed by atoms with Crippen LogP contribution in [0.5, 0.6) is 5.88 Å². The van der Waals surface area contributed by atoms with Crippen molar-refractivity contribution in [3.63, 3.8) is 0 Å². The molecule has 2 aromatic heterocycles. The molecule has 1 fully saturated rings. The predicted molar refractivity (Wildman–Crippen MR) is 72.2 cm³/mol. The van der Waals surface area contributed by atoms with E-state index in [0.717, 1.165) is 28.4 Å². The lowest BCUT2D eigenvalue weighted by molar-refractivity contribution is 0.288. The highest BCUT2D eigenvalue weighted by molar-refractivity contribution is 7.11. The van der Waals surface area contributed by atoms with Crippen LogP contribution in [0.2, 0.25) is 0 Å². The lowest BCUT2D eigenvalue weighted by atomic mass is 10.4. The summed E-state index contributed by atoms with van der Waals surface area (Å²) in [4.78, 5) is 8.26. The van der Waals surface area contributed by atoms with E-state index in [1.807, 2.05) is 13.0 Å². The first kappa shape index (κ1) is 12.3. The van der Waals surface area contributed by atoms with Crippen LogP contribution < -0.4 is 10.1 Å². The zero-order valence-corrected chi connectivity index (χ0v) is 11.5. The quantitative estimate of drug-likeness (QED) is 0.871. The molecule has 0 radical (unpaired) electrons. The van der Waals surface area contributed by atoms with Gasteiger partial charge in [-0.2, -0.15) is 0 Å². The zero-order chi connectivity index (χ0) is 13.1. The molecule has 0 saturated heterocycles. The van der Waals surface area contributed by atoms with E-state index in [1.165, 1.54) is 19.2 Å². The highest BCUT2D eigenvalue weighted by atomic mass is 32.1. The molecule has 2 aromatic rings. The highest BCUT2D eigenvalue weighted by Gasteiger charge is 2.22. The molecule has 1 aliphatic carbocycles. The van der Waals surface area contributed by atoms with E-state index < -0.39 is 0 Å². The maximum atomic E-state index is 5.61. The SMILES string of the molecule is Cc1nnc(CNc2cc(OCC3CC3)ncn2)s1. The van der Waals surface area contributed by atoms with Crippen LogP contribution in [0, 0.1) is 12.8 Å². The summed E-state index contributed by atoms with van der Waals surface area (Å²) in [5.41, 5.74) is 0. The van der Waals surface area contributed by atoms with Crippen LogP contribution in [0.3, 0.4) is 0 Å². The van der Waals surface area contributed by atoms with Crippen LogP contribution in [-0.4, -0.2) is 26.8 Å². The summed E-state index contributed by atoms with van der Waals surface area (Å²) in [6.45, 7) is 3.31. The largest absolute Gasteiger partial charge is 0.477 e. The molecular weight excluding hydrogens is 262 g/mol. The molecule has 0 bridgehead atoms. The summed E-state index contributed by atoms with van der Waals surface area (Å²) in [7, 11) is 0. The Morgan fingerprint density at radius 2 is 2.26 bits per heavy atom. The first-order chi connectivity index (χ1) is 9.29. The van der Waals surface area contributed by atoms with Crippen molar-refractivity contribution in [2.24, 2.45) is 5.92 Å². The number of aromatic nitrogens is 4. The predicted octanol–water partition coefficient (Wildman–Crippen LogP) is 2.04. The second-order valence-corrected chi connectivity index (χ2v) is 5.83. The van der Waals surface area contributed by atoms with E-state index in [9.17, 15) is 0 Å². The van der Waals surface area contributed by atoms with Gasteiger partial charge in [-0.3, -0.25) is 0 Å². The number of nitrogens with zero attached hydrogens (tertiary/aromatic N) is 4. The fourth-order valence-corrected chi connectivity index (χ4v) is 2.23. The molecule has 19 heavy (non-hydrogen) atoms. The van der Waals surface area contributed by atoms with Gasteiger partial charge in [0, 0.05) is 6.07 Å². The molecule has 0 aliphatic heterocycles. The third kappa shape index (κ3) is 3.60. The summed E-state index contributed by atoms with van der Waals surface area (Å²) in [5, 5.41) is 13.1. The van der Waals surface area contributed by atoms with Crippen LogP contribution in [-0.2, 0) is 6.54 Å². The van der Waals surface area contributed by atoms with Gasteiger partial charge in [0.15, 0.2) is 0 Å². The van der Waals surface area contributed by atoms with Crippen molar-refractivity contribution in [3.05, 3.63) is 22.4 Å². The van der Waals surface area contributed by atoms with Gasteiger partial charge < -0.3 is 10.1 Å². The second-order valence-electron chi connectivity index (χ2n) is 4.56. The minimum atomic E-state index is 0.616. The van der Waals surface area contributed by atoms with Crippen molar-refractivity contribution in [1.29, 1.82) is 0 Å². The molecule has 0 aromatic carbocycles. The third-order valence-electron chi connectivity index (χ3n) is 2.79. The minimum absolute atomic E-state index is 0.616. The number of hydrogen-bond acceptors (Lipinski definition) is 7. The maximum Gasteiger partial charge on any atom is 0.218 e. The standard InChI is InChI=1S/C12H15N5OS/c1-8-16-17-12(19-8)5-13-10-4-11(15-7-14-10)18-6-9-2-3-9/h4,7,9H,2-3,5-6H2,1H3,(H,13,14,15). The third-order valence-corrected chi connectivity index (χ3v) is 3.63. The molecule has 0 spiro atoms. The number of ether oxygens (including phenoxy) is 1. The van der Waals surface area contributed by atoms with Gasteiger partial charge in [0.05, 0.1) is 13.2 Å². The fourth-order valence-electron chi connectivity index (χ4n) is 1.58. The van der Waals surface area contributed by atoms with Crippen LogP contribution >= 0.6 is 11.3 Å². The van der Waals surface area contributed by atoms with Gasteiger partial charge in [0.1, 0.15) is 22.2 Å². The molecule has 1 saturated carbocycles. The zero-order valence-electron chi connectivity index (χ0n) is 10.7. The van der Waals surface area contributed by atoms with Crippen molar-refractivity contribution in [2.45, 2.75) is 26.3 Å². The number of nitrogens with one attached hydrogen (secondary N) is 1. The van der Waals surface area contributed by atoms with E-state index in [4.69, 9.17) is 4.74 Å². The Morgan fingerprint density at radius 1 is 1.37 bits per heavy atom. The molecule has 6 nitrogen and oxygen atoms in total. The lowest BCUT2D eigenvalue weighted by Crippen LogP contribution is -2.04. The van der Waals surface area contributed by atoms with Crippen LogP contribution in [0.25, 0.3) is 0 Å². The van der Waals surface area contributed by atoms with Crippen LogP contribution in [0.15, 0.2) is 12.4 Å².